The zero-order valence-corrected chi connectivity index (χ0v) is 11.8. The summed E-state index contributed by atoms with van der Waals surface area (Å²) in [6.07, 6.45) is 1.64. The molecule has 0 N–H and O–H groups in total. The Morgan fingerprint density at radius 1 is 1.29 bits per heavy atom. The van der Waals surface area contributed by atoms with Gasteiger partial charge in [-0.15, -0.1) is 0 Å². The molecule has 0 aliphatic heterocycles. The highest BCUT2D eigenvalue weighted by Crippen LogP contribution is 2.27. The summed E-state index contributed by atoms with van der Waals surface area (Å²) >= 11 is 6.44. The summed E-state index contributed by atoms with van der Waals surface area (Å²) < 4.78 is 19.3. The lowest BCUT2D eigenvalue weighted by atomic mass is 10.3. The average Bonchev–Trinajstić information content (AvgIpc) is 2.34. The molecule has 0 amide bonds. The maximum atomic E-state index is 13.3. The average molecular weight is 361 g/mol. The lowest BCUT2D eigenvalue weighted by Crippen LogP contribution is -1.93. The minimum atomic E-state index is -0.362. The van der Waals surface area contributed by atoms with Crippen LogP contribution in [0.25, 0.3) is 0 Å². The van der Waals surface area contributed by atoms with Crippen LogP contribution in [0, 0.1) is 5.82 Å². The molecular formula is C12H8Br2FNO. The van der Waals surface area contributed by atoms with E-state index in [1.165, 1.54) is 6.07 Å². The van der Waals surface area contributed by atoms with Crippen molar-refractivity contribution in [2.45, 2.75) is 5.33 Å². The molecule has 2 nitrogen and oxygen atoms in total. The molecule has 0 aliphatic carbocycles. The smallest absolute Gasteiger partial charge is 0.223 e. The van der Waals surface area contributed by atoms with Gasteiger partial charge in [-0.1, -0.05) is 22.0 Å². The molecule has 1 aromatic heterocycles. The van der Waals surface area contributed by atoms with Crippen molar-refractivity contribution in [3.63, 3.8) is 0 Å². The number of pyridine rings is 1. The van der Waals surface area contributed by atoms with Crippen LogP contribution in [0.15, 0.2) is 41.0 Å². The number of halogens is 3. The number of benzene rings is 1. The molecule has 0 saturated carbocycles. The molecule has 0 radical (unpaired) electrons. The number of alkyl halides is 1. The molecule has 5 heteroatoms. The van der Waals surface area contributed by atoms with Crippen molar-refractivity contribution in [2.75, 3.05) is 0 Å². The third-order valence-corrected chi connectivity index (χ3v) is 3.35. The number of nitrogens with zero attached hydrogens (tertiary/aromatic N) is 1. The Hall–Kier alpha value is -0.940. The van der Waals surface area contributed by atoms with Gasteiger partial charge in [0.2, 0.25) is 5.88 Å². The van der Waals surface area contributed by atoms with Gasteiger partial charge in [0.15, 0.2) is 0 Å². The molecule has 0 aliphatic rings. The maximum Gasteiger partial charge on any atom is 0.223 e. The second-order valence-corrected chi connectivity index (χ2v) is 4.69. The van der Waals surface area contributed by atoms with E-state index in [4.69, 9.17) is 4.74 Å². The predicted molar refractivity (Wildman–Crippen MR) is 71.0 cm³/mol. The number of hydrogen-bond donors (Lipinski definition) is 0. The lowest BCUT2D eigenvalue weighted by molar-refractivity contribution is 0.453. The normalized spacial score (nSPS) is 10.3. The Morgan fingerprint density at radius 2 is 2.12 bits per heavy atom. The van der Waals surface area contributed by atoms with Crippen molar-refractivity contribution in [2.24, 2.45) is 0 Å². The van der Waals surface area contributed by atoms with Crippen LogP contribution in [0.4, 0.5) is 4.39 Å². The van der Waals surface area contributed by atoms with Gasteiger partial charge in [-0.05, 0) is 34.1 Å². The second kappa shape index (κ2) is 5.60. The molecular weight excluding hydrogens is 353 g/mol. The number of hydrogen-bond acceptors (Lipinski definition) is 2. The van der Waals surface area contributed by atoms with Crippen molar-refractivity contribution in [1.82, 2.24) is 4.98 Å². The van der Waals surface area contributed by atoms with Crippen LogP contribution in [-0.2, 0) is 5.33 Å². The SMILES string of the molecule is Fc1cc(Oc2ncccc2CBr)ccc1Br. The van der Waals surface area contributed by atoms with E-state index >= 15 is 0 Å². The molecule has 2 aromatic rings. The number of aromatic nitrogens is 1. The van der Waals surface area contributed by atoms with Crippen LogP contribution in [0.5, 0.6) is 11.6 Å². The molecule has 88 valence electrons. The molecule has 0 fully saturated rings. The summed E-state index contributed by atoms with van der Waals surface area (Å²) in [4.78, 5) is 4.11. The first-order valence-electron chi connectivity index (χ1n) is 4.83. The van der Waals surface area contributed by atoms with E-state index in [1.807, 2.05) is 12.1 Å². The van der Waals surface area contributed by atoms with E-state index in [9.17, 15) is 4.39 Å². The van der Waals surface area contributed by atoms with Gasteiger partial charge in [0, 0.05) is 23.2 Å². The van der Waals surface area contributed by atoms with E-state index in [-0.39, 0.29) is 5.82 Å². The van der Waals surface area contributed by atoms with E-state index in [1.54, 1.807) is 18.3 Å². The zero-order chi connectivity index (χ0) is 12.3. The Bertz CT molecular complexity index is 534. The van der Waals surface area contributed by atoms with Gasteiger partial charge in [0.1, 0.15) is 11.6 Å². The van der Waals surface area contributed by atoms with Gasteiger partial charge in [-0.3, -0.25) is 0 Å². The fourth-order valence-electron chi connectivity index (χ4n) is 1.27. The van der Waals surface area contributed by atoms with Crippen LogP contribution in [0.2, 0.25) is 0 Å². The quantitative estimate of drug-likeness (QED) is 0.742. The molecule has 0 atom stereocenters. The van der Waals surface area contributed by atoms with Gasteiger partial charge in [-0.2, -0.15) is 0 Å². The third-order valence-electron chi connectivity index (χ3n) is 2.10. The van der Waals surface area contributed by atoms with E-state index in [0.717, 1.165) is 5.56 Å². The Morgan fingerprint density at radius 3 is 2.82 bits per heavy atom. The molecule has 1 aromatic carbocycles. The first kappa shape index (κ1) is 12.5. The second-order valence-electron chi connectivity index (χ2n) is 3.28. The first-order chi connectivity index (χ1) is 8.20. The van der Waals surface area contributed by atoms with E-state index in [2.05, 4.69) is 36.8 Å². The minimum Gasteiger partial charge on any atom is -0.439 e. The topological polar surface area (TPSA) is 22.1 Å². The Labute approximate surface area is 115 Å². The summed E-state index contributed by atoms with van der Waals surface area (Å²) in [6.45, 7) is 0. The van der Waals surface area contributed by atoms with Crippen molar-refractivity contribution in [3.05, 3.63) is 52.4 Å². The standard InChI is InChI=1S/C12H8Br2FNO/c13-7-8-2-1-5-16-12(8)17-9-3-4-10(14)11(15)6-9/h1-6H,7H2. The number of ether oxygens (including phenoxy) is 1. The van der Waals surface area contributed by atoms with Gasteiger partial charge in [0.05, 0.1) is 4.47 Å². The van der Waals surface area contributed by atoms with Crippen LogP contribution in [-0.4, -0.2) is 4.98 Å². The zero-order valence-electron chi connectivity index (χ0n) is 8.66. The first-order valence-corrected chi connectivity index (χ1v) is 6.75. The largest absolute Gasteiger partial charge is 0.439 e. The summed E-state index contributed by atoms with van der Waals surface area (Å²) in [5, 5.41) is 0.634. The van der Waals surface area contributed by atoms with E-state index in [0.29, 0.717) is 21.4 Å². The van der Waals surface area contributed by atoms with Crippen molar-refractivity contribution < 1.29 is 9.13 Å². The molecule has 0 bridgehead atoms. The van der Waals surface area contributed by atoms with E-state index < -0.39 is 0 Å². The Balaban J connectivity index is 2.28. The minimum absolute atomic E-state index is 0.362. The highest BCUT2D eigenvalue weighted by molar-refractivity contribution is 9.10. The predicted octanol–water partition coefficient (Wildman–Crippen LogP) is 4.67. The monoisotopic (exact) mass is 359 g/mol. The van der Waals surface area contributed by atoms with Crippen LogP contribution in [0.1, 0.15) is 5.56 Å². The maximum absolute atomic E-state index is 13.3. The van der Waals surface area contributed by atoms with Gasteiger partial charge in [-0.25, -0.2) is 9.37 Å². The molecule has 0 unspecified atom stereocenters. The van der Waals surface area contributed by atoms with Gasteiger partial charge in [0.25, 0.3) is 0 Å². The van der Waals surface area contributed by atoms with Gasteiger partial charge >= 0.3 is 0 Å². The van der Waals surface area contributed by atoms with Crippen molar-refractivity contribution >= 4 is 31.9 Å². The summed E-state index contributed by atoms with van der Waals surface area (Å²) in [5.41, 5.74) is 0.913. The summed E-state index contributed by atoms with van der Waals surface area (Å²) in [5.74, 6) is 0.538. The molecule has 1 heterocycles. The highest BCUT2D eigenvalue weighted by Gasteiger charge is 2.06. The van der Waals surface area contributed by atoms with Crippen LogP contribution >= 0.6 is 31.9 Å². The van der Waals surface area contributed by atoms with Crippen LogP contribution < -0.4 is 4.74 Å². The summed E-state index contributed by atoms with van der Waals surface area (Å²) in [7, 11) is 0. The molecule has 0 spiro atoms. The van der Waals surface area contributed by atoms with Gasteiger partial charge < -0.3 is 4.74 Å². The van der Waals surface area contributed by atoms with Crippen LogP contribution in [0.3, 0.4) is 0 Å². The third kappa shape index (κ3) is 3.04. The summed E-state index contributed by atoms with van der Waals surface area (Å²) in [6, 6.07) is 8.32. The Kier molecular flexibility index (Phi) is 4.12. The lowest BCUT2D eigenvalue weighted by Gasteiger charge is -2.08. The van der Waals surface area contributed by atoms with Crippen molar-refractivity contribution in [3.8, 4) is 11.6 Å². The molecule has 0 saturated heterocycles. The highest BCUT2D eigenvalue weighted by atomic mass is 79.9. The molecule has 2 rings (SSSR count). The number of rotatable bonds is 3. The fourth-order valence-corrected chi connectivity index (χ4v) is 1.94. The fraction of sp³-hybridized carbons (Fsp3) is 0.0833. The molecule has 17 heavy (non-hydrogen) atoms. The van der Waals surface area contributed by atoms with Crippen molar-refractivity contribution in [1.29, 1.82) is 0 Å².